The summed E-state index contributed by atoms with van der Waals surface area (Å²) < 4.78 is 1.21. The van der Waals surface area contributed by atoms with E-state index in [1.807, 2.05) is 11.3 Å². The van der Waals surface area contributed by atoms with Crippen LogP contribution in [-0.4, -0.2) is 0 Å². The van der Waals surface area contributed by atoms with Gasteiger partial charge in [-0.1, -0.05) is 34.1 Å². The van der Waals surface area contributed by atoms with Crippen LogP contribution in [0.2, 0.25) is 0 Å². The fraction of sp³-hybridized carbons (Fsp3) is 0.143. The lowest BCUT2D eigenvalue weighted by atomic mass is 10.1. The van der Waals surface area contributed by atoms with Crippen LogP contribution < -0.4 is 0 Å². The molecule has 1 aliphatic carbocycles. The number of thiophene rings is 1. The van der Waals surface area contributed by atoms with Gasteiger partial charge in [-0.05, 0) is 42.7 Å². The summed E-state index contributed by atoms with van der Waals surface area (Å²) in [5.41, 5.74) is 4.19. The third kappa shape index (κ3) is 1.57. The topological polar surface area (TPSA) is 0 Å². The molecule has 16 heavy (non-hydrogen) atoms. The number of hydrogen-bond acceptors (Lipinski definition) is 1. The molecular formula is C14H11BrS. The molecule has 0 amide bonds. The van der Waals surface area contributed by atoms with E-state index in [1.165, 1.54) is 30.9 Å². The number of aryl methyl sites for hydroxylation is 1. The summed E-state index contributed by atoms with van der Waals surface area (Å²) in [7, 11) is 0. The molecular weight excluding hydrogens is 280 g/mol. The fourth-order valence-electron chi connectivity index (χ4n) is 2.16. The van der Waals surface area contributed by atoms with Crippen LogP contribution in [0.5, 0.6) is 0 Å². The quantitative estimate of drug-likeness (QED) is 0.707. The third-order valence-electron chi connectivity index (χ3n) is 2.90. The lowest BCUT2D eigenvalue weighted by Gasteiger charge is -2.06. The molecule has 0 bridgehead atoms. The molecule has 1 aliphatic rings. The summed E-state index contributed by atoms with van der Waals surface area (Å²) in [5.74, 6) is 0. The monoisotopic (exact) mass is 290 g/mol. The Kier molecular flexibility index (Phi) is 2.49. The second kappa shape index (κ2) is 3.86. The standard InChI is InChI=1S/C14H11BrS/c1-9-5-8-13(16-9)11-7-6-10-3-2-4-12(15)14(10)11/h2-5,7-8H,6H2,1H3. The number of benzene rings is 1. The van der Waals surface area contributed by atoms with Gasteiger partial charge in [-0.3, -0.25) is 0 Å². The number of hydrogen-bond donors (Lipinski definition) is 0. The molecule has 0 N–H and O–H groups in total. The van der Waals surface area contributed by atoms with Crippen LogP contribution in [0, 0.1) is 6.92 Å². The van der Waals surface area contributed by atoms with Crippen LogP contribution in [0.1, 0.15) is 20.9 Å². The van der Waals surface area contributed by atoms with Gasteiger partial charge in [0.2, 0.25) is 0 Å². The molecule has 0 aliphatic heterocycles. The molecule has 0 radical (unpaired) electrons. The largest absolute Gasteiger partial charge is 0.141 e. The van der Waals surface area contributed by atoms with Gasteiger partial charge >= 0.3 is 0 Å². The fourth-order valence-corrected chi connectivity index (χ4v) is 3.69. The summed E-state index contributed by atoms with van der Waals surface area (Å²) >= 11 is 5.52. The van der Waals surface area contributed by atoms with Gasteiger partial charge in [-0.2, -0.15) is 0 Å². The van der Waals surface area contributed by atoms with E-state index < -0.39 is 0 Å². The molecule has 0 saturated heterocycles. The molecule has 2 heteroatoms. The molecule has 0 saturated carbocycles. The molecule has 3 rings (SSSR count). The van der Waals surface area contributed by atoms with E-state index in [4.69, 9.17) is 0 Å². The van der Waals surface area contributed by atoms with Crippen molar-refractivity contribution in [3.05, 3.63) is 61.8 Å². The first-order chi connectivity index (χ1) is 7.75. The Morgan fingerprint density at radius 3 is 2.81 bits per heavy atom. The van der Waals surface area contributed by atoms with E-state index in [9.17, 15) is 0 Å². The minimum Gasteiger partial charge on any atom is -0.141 e. The molecule has 2 aromatic rings. The predicted molar refractivity (Wildman–Crippen MR) is 74.0 cm³/mol. The molecule has 1 aromatic carbocycles. The summed E-state index contributed by atoms with van der Waals surface area (Å²) in [4.78, 5) is 2.75. The molecule has 0 fully saturated rings. The lowest BCUT2D eigenvalue weighted by molar-refractivity contribution is 1.30. The highest BCUT2D eigenvalue weighted by atomic mass is 79.9. The van der Waals surface area contributed by atoms with Crippen molar-refractivity contribution >= 4 is 32.8 Å². The smallest absolute Gasteiger partial charge is 0.0348 e. The van der Waals surface area contributed by atoms with Crippen LogP contribution in [0.4, 0.5) is 0 Å². The van der Waals surface area contributed by atoms with E-state index >= 15 is 0 Å². The summed E-state index contributed by atoms with van der Waals surface area (Å²) in [5, 5.41) is 0. The molecule has 0 atom stereocenters. The highest BCUT2D eigenvalue weighted by Gasteiger charge is 2.18. The Labute approximate surface area is 108 Å². The minimum atomic E-state index is 1.06. The predicted octanol–water partition coefficient (Wildman–Crippen LogP) is 4.81. The zero-order chi connectivity index (χ0) is 11.1. The van der Waals surface area contributed by atoms with Crippen LogP contribution >= 0.6 is 27.3 Å². The summed E-state index contributed by atoms with van der Waals surface area (Å²) in [6, 6.07) is 10.9. The van der Waals surface area contributed by atoms with Crippen molar-refractivity contribution in [3.8, 4) is 0 Å². The SMILES string of the molecule is Cc1ccc(C2=CCc3cccc(Br)c32)s1. The van der Waals surface area contributed by atoms with Gasteiger partial charge in [0.05, 0.1) is 0 Å². The molecule has 1 aromatic heterocycles. The maximum Gasteiger partial charge on any atom is 0.0348 e. The average Bonchev–Trinajstić information content (AvgIpc) is 2.84. The Morgan fingerprint density at radius 1 is 1.19 bits per heavy atom. The van der Waals surface area contributed by atoms with E-state index in [0.29, 0.717) is 0 Å². The van der Waals surface area contributed by atoms with Gasteiger partial charge in [0.25, 0.3) is 0 Å². The Hall–Kier alpha value is -0.860. The molecule has 0 nitrogen and oxygen atoms in total. The van der Waals surface area contributed by atoms with Crippen molar-refractivity contribution in [1.29, 1.82) is 0 Å². The molecule has 80 valence electrons. The Morgan fingerprint density at radius 2 is 2.06 bits per heavy atom. The summed E-state index contributed by atoms with van der Waals surface area (Å²) in [6.07, 6.45) is 3.39. The van der Waals surface area contributed by atoms with Gasteiger partial charge in [0.1, 0.15) is 0 Å². The van der Waals surface area contributed by atoms with E-state index in [1.54, 1.807) is 0 Å². The Bertz CT molecular complexity index is 578. The van der Waals surface area contributed by atoms with Crippen LogP contribution in [0.25, 0.3) is 5.57 Å². The van der Waals surface area contributed by atoms with Crippen molar-refractivity contribution in [2.45, 2.75) is 13.3 Å². The van der Waals surface area contributed by atoms with E-state index in [2.05, 4.69) is 59.3 Å². The molecule has 0 unspecified atom stereocenters. The first-order valence-corrected chi connectivity index (χ1v) is 6.91. The van der Waals surface area contributed by atoms with Gasteiger partial charge < -0.3 is 0 Å². The van der Waals surface area contributed by atoms with Crippen molar-refractivity contribution in [2.24, 2.45) is 0 Å². The highest BCUT2D eigenvalue weighted by molar-refractivity contribution is 9.10. The van der Waals surface area contributed by atoms with Gasteiger partial charge in [-0.25, -0.2) is 0 Å². The van der Waals surface area contributed by atoms with Gasteiger partial charge in [0, 0.05) is 19.8 Å². The second-order valence-electron chi connectivity index (χ2n) is 4.01. The number of rotatable bonds is 1. The number of allylic oxidation sites excluding steroid dienone is 1. The molecule has 1 heterocycles. The van der Waals surface area contributed by atoms with Crippen LogP contribution in [-0.2, 0) is 6.42 Å². The molecule has 0 spiro atoms. The van der Waals surface area contributed by atoms with E-state index in [-0.39, 0.29) is 0 Å². The van der Waals surface area contributed by atoms with E-state index in [0.717, 1.165) is 6.42 Å². The first kappa shape index (κ1) is 10.3. The Balaban J connectivity index is 2.15. The second-order valence-corrected chi connectivity index (χ2v) is 6.15. The normalized spacial score (nSPS) is 13.8. The van der Waals surface area contributed by atoms with Crippen molar-refractivity contribution in [3.63, 3.8) is 0 Å². The lowest BCUT2D eigenvalue weighted by Crippen LogP contribution is -1.86. The average molecular weight is 291 g/mol. The first-order valence-electron chi connectivity index (χ1n) is 5.30. The maximum atomic E-state index is 3.66. The van der Waals surface area contributed by atoms with Crippen molar-refractivity contribution in [1.82, 2.24) is 0 Å². The zero-order valence-electron chi connectivity index (χ0n) is 8.96. The number of fused-ring (bicyclic) bond motifs is 1. The van der Waals surface area contributed by atoms with Crippen LogP contribution in [0.15, 0.2) is 40.9 Å². The van der Waals surface area contributed by atoms with Gasteiger partial charge in [-0.15, -0.1) is 11.3 Å². The summed E-state index contributed by atoms with van der Waals surface area (Å²) in [6.45, 7) is 2.16. The van der Waals surface area contributed by atoms with Crippen molar-refractivity contribution in [2.75, 3.05) is 0 Å². The highest BCUT2D eigenvalue weighted by Crippen LogP contribution is 2.39. The third-order valence-corrected chi connectivity index (χ3v) is 4.60. The van der Waals surface area contributed by atoms with Crippen LogP contribution in [0.3, 0.4) is 0 Å². The van der Waals surface area contributed by atoms with Crippen molar-refractivity contribution < 1.29 is 0 Å². The number of halogens is 1. The maximum absolute atomic E-state index is 3.66. The minimum absolute atomic E-state index is 1.06. The van der Waals surface area contributed by atoms with Gasteiger partial charge in [0.15, 0.2) is 0 Å². The zero-order valence-corrected chi connectivity index (χ0v) is 11.4.